The van der Waals surface area contributed by atoms with Crippen LogP contribution in [0.15, 0.2) is 11.8 Å². The van der Waals surface area contributed by atoms with Gasteiger partial charge in [0, 0.05) is 0 Å². The summed E-state index contributed by atoms with van der Waals surface area (Å²) in [4.78, 5) is 11.1. The molecular weight excluding hydrogens is 357 g/mol. The van der Waals surface area contributed by atoms with Crippen molar-refractivity contribution in [3.63, 3.8) is 0 Å². The molecule has 0 heterocycles. The Bertz CT molecular complexity index is 525. The SMILES string of the molecule is COC(=O)/C=C(\C)Oc1c(Cl)c(Cl)c(Cl)c(Cl)c1Cl. The van der Waals surface area contributed by atoms with Crippen molar-refractivity contribution in [1.29, 1.82) is 0 Å². The first-order chi connectivity index (χ1) is 8.79. The second kappa shape index (κ2) is 6.91. The molecule has 0 aliphatic rings. The van der Waals surface area contributed by atoms with Crippen LogP contribution in [0, 0.1) is 0 Å². The molecule has 0 saturated heterocycles. The second-order valence-corrected chi connectivity index (χ2v) is 5.17. The highest BCUT2D eigenvalue weighted by atomic mass is 35.5. The molecule has 1 rings (SSSR count). The predicted octanol–water partition coefficient (Wildman–Crippen LogP) is 5.41. The van der Waals surface area contributed by atoms with Crippen molar-refractivity contribution in [2.45, 2.75) is 6.92 Å². The van der Waals surface area contributed by atoms with Crippen LogP contribution in [-0.4, -0.2) is 13.1 Å². The van der Waals surface area contributed by atoms with E-state index in [9.17, 15) is 4.79 Å². The Morgan fingerprint density at radius 1 is 0.947 bits per heavy atom. The van der Waals surface area contributed by atoms with Crippen LogP contribution in [0.25, 0.3) is 0 Å². The maximum Gasteiger partial charge on any atom is 0.333 e. The van der Waals surface area contributed by atoms with E-state index in [1.165, 1.54) is 14.0 Å². The number of hydrogen-bond acceptors (Lipinski definition) is 3. The minimum atomic E-state index is -0.587. The fourth-order valence-corrected chi connectivity index (χ4v) is 2.29. The number of rotatable bonds is 3. The summed E-state index contributed by atoms with van der Waals surface area (Å²) in [6.07, 6.45) is 1.11. The third kappa shape index (κ3) is 3.83. The van der Waals surface area contributed by atoms with Gasteiger partial charge in [-0.2, -0.15) is 0 Å². The number of allylic oxidation sites excluding steroid dienone is 1. The first-order valence-corrected chi connectivity index (χ1v) is 6.64. The normalized spacial score (nSPS) is 11.4. The summed E-state index contributed by atoms with van der Waals surface area (Å²) in [7, 11) is 1.24. The molecule has 1 aromatic rings. The summed E-state index contributed by atoms with van der Waals surface area (Å²) in [6.45, 7) is 1.51. The minimum Gasteiger partial charge on any atom is -0.466 e. The van der Waals surface area contributed by atoms with Crippen LogP contribution < -0.4 is 4.74 Å². The van der Waals surface area contributed by atoms with Crippen LogP contribution in [-0.2, 0) is 9.53 Å². The van der Waals surface area contributed by atoms with Gasteiger partial charge >= 0.3 is 5.97 Å². The summed E-state index contributed by atoms with van der Waals surface area (Å²) in [5.41, 5.74) is 0. The highest BCUT2D eigenvalue weighted by Gasteiger charge is 2.21. The van der Waals surface area contributed by atoms with Crippen molar-refractivity contribution in [3.8, 4) is 5.75 Å². The highest BCUT2D eigenvalue weighted by molar-refractivity contribution is 6.55. The molecule has 0 aromatic heterocycles. The fourth-order valence-electron chi connectivity index (χ4n) is 1.09. The van der Waals surface area contributed by atoms with Gasteiger partial charge in [-0.3, -0.25) is 0 Å². The Morgan fingerprint density at radius 3 is 1.79 bits per heavy atom. The van der Waals surface area contributed by atoms with Crippen molar-refractivity contribution in [2.24, 2.45) is 0 Å². The zero-order valence-electron chi connectivity index (χ0n) is 9.69. The number of halogens is 5. The third-order valence-electron chi connectivity index (χ3n) is 1.95. The Balaban J connectivity index is 3.23. The molecule has 0 bridgehead atoms. The van der Waals surface area contributed by atoms with Gasteiger partial charge in [0.1, 0.15) is 15.8 Å². The molecular formula is C11H7Cl5O3. The van der Waals surface area contributed by atoms with E-state index >= 15 is 0 Å². The van der Waals surface area contributed by atoms with Gasteiger partial charge in [0.2, 0.25) is 0 Å². The summed E-state index contributed by atoms with van der Waals surface area (Å²) < 4.78 is 9.78. The van der Waals surface area contributed by atoms with Crippen molar-refractivity contribution >= 4 is 64.0 Å². The Labute approximate surface area is 134 Å². The number of benzene rings is 1. The molecule has 0 aliphatic heterocycles. The van der Waals surface area contributed by atoms with Crippen LogP contribution in [0.3, 0.4) is 0 Å². The van der Waals surface area contributed by atoms with E-state index in [-0.39, 0.29) is 36.6 Å². The zero-order valence-corrected chi connectivity index (χ0v) is 13.5. The Kier molecular flexibility index (Phi) is 6.09. The molecule has 19 heavy (non-hydrogen) atoms. The molecule has 0 fully saturated rings. The van der Waals surface area contributed by atoms with Gasteiger partial charge in [-0.15, -0.1) is 0 Å². The van der Waals surface area contributed by atoms with Gasteiger partial charge in [0.15, 0.2) is 5.75 Å². The van der Waals surface area contributed by atoms with Crippen molar-refractivity contribution in [1.82, 2.24) is 0 Å². The molecule has 0 atom stereocenters. The monoisotopic (exact) mass is 362 g/mol. The first-order valence-electron chi connectivity index (χ1n) is 4.75. The number of methoxy groups -OCH3 is 1. The number of esters is 1. The molecule has 0 amide bonds. The molecule has 104 valence electrons. The van der Waals surface area contributed by atoms with Crippen molar-refractivity contribution in [2.75, 3.05) is 7.11 Å². The average molecular weight is 364 g/mol. The minimum absolute atomic E-state index is 0.00122. The van der Waals surface area contributed by atoms with Gasteiger partial charge in [0.25, 0.3) is 0 Å². The van der Waals surface area contributed by atoms with Gasteiger partial charge < -0.3 is 9.47 Å². The lowest BCUT2D eigenvalue weighted by molar-refractivity contribution is -0.135. The third-order valence-corrected chi connectivity index (χ3v) is 4.20. The summed E-state index contributed by atoms with van der Waals surface area (Å²) in [5.74, 6) is -0.374. The Hall–Kier alpha value is -0.320. The molecule has 0 spiro atoms. The predicted molar refractivity (Wildman–Crippen MR) is 77.9 cm³/mol. The molecule has 8 heteroatoms. The molecule has 3 nitrogen and oxygen atoms in total. The molecule has 0 N–H and O–H groups in total. The smallest absolute Gasteiger partial charge is 0.333 e. The molecule has 0 radical (unpaired) electrons. The van der Waals surface area contributed by atoms with Crippen LogP contribution in [0.5, 0.6) is 5.75 Å². The maximum absolute atomic E-state index is 11.1. The zero-order chi connectivity index (χ0) is 14.7. The quantitative estimate of drug-likeness (QED) is 0.237. The fraction of sp³-hybridized carbons (Fsp3) is 0.182. The molecule has 0 unspecified atom stereocenters. The largest absolute Gasteiger partial charge is 0.466 e. The summed E-state index contributed by atoms with van der Waals surface area (Å²) in [6, 6.07) is 0. The number of carbonyl (C=O) groups is 1. The van der Waals surface area contributed by atoms with Crippen molar-refractivity contribution < 1.29 is 14.3 Å². The first kappa shape index (κ1) is 16.7. The lowest BCUT2D eigenvalue weighted by atomic mass is 10.3. The topological polar surface area (TPSA) is 35.5 Å². The van der Waals surface area contributed by atoms with E-state index in [4.69, 9.17) is 62.7 Å². The summed E-state index contributed by atoms with van der Waals surface area (Å²) >= 11 is 29.5. The molecule has 1 aromatic carbocycles. The second-order valence-electron chi connectivity index (χ2n) is 3.28. The van der Waals surface area contributed by atoms with E-state index in [1.807, 2.05) is 0 Å². The Morgan fingerprint density at radius 2 is 1.37 bits per heavy atom. The lowest BCUT2D eigenvalue weighted by Crippen LogP contribution is -2.00. The standard InChI is InChI=1S/C11H7Cl5O3/c1-4(3-5(17)18-2)19-11-9(15)7(13)6(12)8(14)10(11)16/h3H,1-2H3/b4-3+. The molecule has 0 saturated carbocycles. The van der Waals surface area contributed by atoms with Crippen molar-refractivity contribution in [3.05, 3.63) is 36.9 Å². The number of carbonyl (C=O) groups excluding carboxylic acids is 1. The summed E-state index contributed by atoms with van der Waals surface area (Å²) in [5, 5.41) is 0.0508. The van der Waals surface area contributed by atoms with Gasteiger partial charge in [-0.1, -0.05) is 58.0 Å². The van der Waals surface area contributed by atoms with Gasteiger partial charge in [0.05, 0.1) is 28.3 Å². The van der Waals surface area contributed by atoms with E-state index in [0.29, 0.717) is 0 Å². The molecule has 0 aliphatic carbocycles. The van der Waals surface area contributed by atoms with Crippen LogP contribution in [0.1, 0.15) is 6.92 Å². The van der Waals surface area contributed by atoms with Gasteiger partial charge in [-0.05, 0) is 6.92 Å². The van der Waals surface area contributed by atoms with E-state index in [1.54, 1.807) is 0 Å². The number of ether oxygens (including phenoxy) is 2. The lowest BCUT2D eigenvalue weighted by Gasteiger charge is -2.13. The van der Waals surface area contributed by atoms with Crippen LogP contribution in [0.4, 0.5) is 0 Å². The van der Waals surface area contributed by atoms with E-state index < -0.39 is 5.97 Å². The van der Waals surface area contributed by atoms with Crippen LogP contribution in [0.2, 0.25) is 25.1 Å². The van der Waals surface area contributed by atoms with Gasteiger partial charge in [-0.25, -0.2) is 4.79 Å². The van der Waals surface area contributed by atoms with E-state index in [2.05, 4.69) is 4.74 Å². The van der Waals surface area contributed by atoms with E-state index in [0.717, 1.165) is 6.08 Å². The maximum atomic E-state index is 11.1. The highest BCUT2D eigenvalue weighted by Crippen LogP contribution is 2.48. The number of hydrogen-bond donors (Lipinski definition) is 0. The average Bonchev–Trinajstić information content (AvgIpc) is 2.39. The van der Waals surface area contributed by atoms with Crippen LogP contribution >= 0.6 is 58.0 Å².